The van der Waals surface area contributed by atoms with Gasteiger partial charge < -0.3 is 20.3 Å². The Labute approximate surface area is 222 Å². The number of amides is 1. The number of hydrogen-bond acceptors (Lipinski definition) is 5. The van der Waals surface area contributed by atoms with Gasteiger partial charge in [0.05, 0.1) is 10.0 Å². The van der Waals surface area contributed by atoms with Crippen LogP contribution in [0.2, 0.25) is 10.0 Å². The minimum atomic E-state index is 0.0966. The molecule has 0 aliphatic carbocycles. The van der Waals surface area contributed by atoms with Gasteiger partial charge in [-0.3, -0.25) is 4.79 Å². The number of ether oxygens (including phenoxy) is 1. The van der Waals surface area contributed by atoms with Gasteiger partial charge in [-0.15, -0.1) is 0 Å². The standard InChI is InChI=1S/C28H30Cl2N4O2/c29-24-5-3-4-21(26(24)30)18-36-25-16-22(17-32-27(25)31)19-6-8-20(9-7-19)28(35)34-14-10-23(11-15-34)33-12-1-2-13-33/h3-9,16-17,23H,1-2,10-15,18H2,(H2,31,32). The van der Waals surface area contributed by atoms with Gasteiger partial charge in [0.25, 0.3) is 5.91 Å². The van der Waals surface area contributed by atoms with E-state index in [4.69, 9.17) is 33.7 Å². The molecule has 8 heteroatoms. The first-order valence-corrected chi connectivity index (χ1v) is 13.2. The van der Waals surface area contributed by atoms with Gasteiger partial charge in [0.2, 0.25) is 0 Å². The van der Waals surface area contributed by atoms with Crippen molar-refractivity contribution >= 4 is 34.9 Å². The number of carbonyl (C=O) groups is 1. The van der Waals surface area contributed by atoms with Gasteiger partial charge in [-0.2, -0.15) is 0 Å². The predicted octanol–water partition coefficient (Wildman–Crippen LogP) is 5.92. The molecule has 3 heterocycles. The summed E-state index contributed by atoms with van der Waals surface area (Å²) in [5.74, 6) is 0.852. The van der Waals surface area contributed by atoms with Crippen LogP contribution < -0.4 is 10.5 Å². The van der Waals surface area contributed by atoms with E-state index in [0.29, 0.717) is 33.2 Å². The van der Waals surface area contributed by atoms with Crippen molar-refractivity contribution < 1.29 is 9.53 Å². The lowest BCUT2D eigenvalue weighted by Gasteiger charge is -2.36. The van der Waals surface area contributed by atoms with E-state index < -0.39 is 0 Å². The summed E-state index contributed by atoms with van der Waals surface area (Å²) >= 11 is 12.4. The van der Waals surface area contributed by atoms with Crippen LogP contribution in [0, 0.1) is 0 Å². The minimum Gasteiger partial charge on any atom is -0.485 e. The van der Waals surface area contributed by atoms with E-state index >= 15 is 0 Å². The van der Waals surface area contributed by atoms with Crippen molar-refractivity contribution in [2.45, 2.75) is 38.3 Å². The molecule has 6 nitrogen and oxygen atoms in total. The third-order valence-corrected chi connectivity index (χ3v) is 8.03. The first kappa shape index (κ1) is 24.9. The average molecular weight is 525 g/mol. The molecule has 1 aromatic heterocycles. The van der Waals surface area contributed by atoms with Crippen LogP contribution in [0.4, 0.5) is 5.82 Å². The smallest absolute Gasteiger partial charge is 0.253 e. The Balaban J connectivity index is 1.23. The monoisotopic (exact) mass is 524 g/mol. The molecule has 2 saturated heterocycles. The number of nitrogen functional groups attached to an aromatic ring is 1. The fourth-order valence-corrected chi connectivity index (χ4v) is 5.45. The van der Waals surface area contributed by atoms with E-state index in [1.165, 1.54) is 25.9 Å². The summed E-state index contributed by atoms with van der Waals surface area (Å²) in [5, 5.41) is 0.936. The number of piperidine rings is 1. The second-order valence-electron chi connectivity index (χ2n) is 9.45. The number of nitrogens with two attached hydrogens (primary N) is 1. The molecule has 2 aromatic carbocycles. The van der Waals surface area contributed by atoms with Crippen molar-refractivity contribution in [2.75, 3.05) is 31.9 Å². The van der Waals surface area contributed by atoms with E-state index in [2.05, 4.69) is 9.88 Å². The second kappa shape index (κ2) is 11.1. The molecule has 5 rings (SSSR count). The van der Waals surface area contributed by atoms with Gasteiger partial charge in [-0.05, 0) is 68.6 Å². The molecule has 0 radical (unpaired) electrons. The molecule has 2 aliphatic heterocycles. The summed E-state index contributed by atoms with van der Waals surface area (Å²) in [6, 6.07) is 15.5. The lowest BCUT2D eigenvalue weighted by molar-refractivity contribution is 0.0644. The van der Waals surface area contributed by atoms with Crippen molar-refractivity contribution in [1.29, 1.82) is 0 Å². The Morgan fingerprint density at radius 2 is 1.72 bits per heavy atom. The molecule has 2 fully saturated rings. The summed E-state index contributed by atoms with van der Waals surface area (Å²) in [5.41, 5.74) is 9.29. The first-order valence-electron chi connectivity index (χ1n) is 12.4. The zero-order valence-electron chi connectivity index (χ0n) is 20.1. The predicted molar refractivity (Wildman–Crippen MR) is 145 cm³/mol. The molecule has 36 heavy (non-hydrogen) atoms. The van der Waals surface area contributed by atoms with Gasteiger partial charge in [-0.25, -0.2) is 4.98 Å². The zero-order valence-corrected chi connectivity index (χ0v) is 21.6. The Hall–Kier alpha value is -2.80. The second-order valence-corrected chi connectivity index (χ2v) is 10.2. The maximum Gasteiger partial charge on any atom is 0.253 e. The van der Waals surface area contributed by atoms with Crippen LogP contribution in [0.15, 0.2) is 54.7 Å². The number of pyridine rings is 1. The highest BCUT2D eigenvalue weighted by atomic mass is 35.5. The van der Waals surface area contributed by atoms with Gasteiger partial charge in [0, 0.05) is 42.0 Å². The number of rotatable bonds is 6. The molecule has 188 valence electrons. The maximum absolute atomic E-state index is 13.1. The largest absolute Gasteiger partial charge is 0.485 e. The van der Waals surface area contributed by atoms with Crippen molar-refractivity contribution in [3.8, 4) is 16.9 Å². The normalized spacial score (nSPS) is 16.9. The first-order chi connectivity index (χ1) is 17.5. The number of hydrogen-bond donors (Lipinski definition) is 1. The Morgan fingerprint density at radius 1 is 1.00 bits per heavy atom. The molecule has 0 spiro atoms. The van der Waals surface area contributed by atoms with Gasteiger partial charge in [0.1, 0.15) is 6.61 Å². The molecule has 2 N–H and O–H groups in total. The van der Waals surface area contributed by atoms with E-state index in [1.807, 2.05) is 47.4 Å². The number of halogens is 2. The third-order valence-electron chi connectivity index (χ3n) is 7.17. The number of carbonyl (C=O) groups excluding carboxylic acids is 1. The van der Waals surface area contributed by atoms with Gasteiger partial charge >= 0.3 is 0 Å². The molecular weight excluding hydrogens is 495 g/mol. The highest BCUT2D eigenvalue weighted by molar-refractivity contribution is 6.42. The van der Waals surface area contributed by atoms with Crippen LogP contribution >= 0.6 is 23.2 Å². The number of likely N-dealkylation sites (tertiary alicyclic amines) is 2. The van der Waals surface area contributed by atoms with E-state index in [-0.39, 0.29) is 12.5 Å². The molecule has 0 bridgehead atoms. The van der Waals surface area contributed by atoms with Crippen molar-refractivity contribution in [3.05, 3.63) is 75.9 Å². The Kier molecular flexibility index (Phi) is 7.65. The molecular formula is C28H30Cl2N4O2. The number of aromatic nitrogens is 1. The van der Waals surface area contributed by atoms with E-state index in [1.54, 1.807) is 12.3 Å². The SMILES string of the molecule is Nc1ncc(-c2ccc(C(=O)N3CCC(N4CCCC4)CC3)cc2)cc1OCc1cccc(Cl)c1Cl. The number of anilines is 1. The molecule has 0 unspecified atom stereocenters. The van der Waals surface area contributed by atoms with Gasteiger partial charge in [0.15, 0.2) is 11.6 Å². The van der Waals surface area contributed by atoms with Crippen molar-refractivity contribution in [3.63, 3.8) is 0 Å². The van der Waals surface area contributed by atoms with Crippen LogP contribution in [0.1, 0.15) is 41.6 Å². The molecule has 0 atom stereocenters. The average Bonchev–Trinajstić information content (AvgIpc) is 3.45. The minimum absolute atomic E-state index is 0.0966. The summed E-state index contributed by atoms with van der Waals surface area (Å²) in [7, 11) is 0. The molecule has 1 amide bonds. The molecule has 3 aromatic rings. The summed E-state index contributed by atoms with van der Waals surface area (Å²) in [6.07, 6.45) is 6.43. The highest BCUT2D eigenvalue weighted by Gasteiger charge is 2.28. The number of nitrogens with zero attached hydrogens (tertiary/aromatic N) is 3. The Morgan fingerprint density at radius 3 is 2.44 bits per heavy atom. The maximum atomic E-state index is 13.1. The van der Waals surface area contributed by atoms with Crippen LogP contribution in [-0.2, 0) is 6.61 Å². The van der Waals surface area contributed by atoms with Crippen LogP contribution in [0.25, 0.3) is 11.1 Å². The van der Waals surface area contributed by atoms with E-state index in [9.17, 15) is 4.79 Å². The van der Waals surface area contributed by atoms with Crippen LogP contribution in [0.5, 0.6) is 5.75 Å². The van der Waals surface area contributed by atoms with Crippen molar-refractivity contribution in [2.24, 2.45) is 0 Å². The quantitative estimate of drug-likeness (QED) is 0.433. The van der Waals surface area contributed by atoms with Crippen molar-refractivity contribution in [1.82, 2.24) is 14.8 Å². The van der Waals surface area contributed by atoms with Gasteiger partial charge in [-0.1, -0.05) is 47.5 Å². The summed E-state index contributed by atoms with van der Waals surface area (Å²) in [4.78, 5) is 22.0. The fraction of sp³-hybridized carbons (Fsp3) is 0.357. The molecule has 2 aliphatic rings. The lowest BCUT2D eigenvalue weighted by atomic mass is 10.0. The topological polar surface area (TPSA) is 71.7 Å². The van der Waals surface area contributed by atoms with Crippen LogP contribution in [-0.4, -0.2) is 52.9 Å². The van der Waals surface area contributed by atoms with Crippen LogP contribution in [0.3, 0.4) is 0 Å². The Bertz CT molecular complexity index is 1220. The zero-order chi connectivity index (χ0) is 25.1. The summed E-state index contributed by atoms with van der Waals surface area (Å²) < 4.78 is 5.91. The fourth-order valence-electron chi connectivity index (χ4n) is 5.07. The highest BCUT2D eigenvalue weighted by Crippen LogP contribution is 2.31. The lowest BCUT2D eigenvalue weighted by Crippen LogP contribution is -2.45. The number of benzene rings is 2. The summed E-state index contributed by atoms with van der Waals surface area (Å²) in [6.45, 7) is 4.28. The molecule has 0 saturated carbocycles. The van der Waals surface area contributed by atoms with E-state index in [0.717, 1.165) is 42.6 Å². The third kappa shape index (κ3) is 5.46.